The van der Waals surface area contributed by atoms with Gasteiger partial charge < -0.3 is 5.11 Å². The summed E-state index contributed by atoms with van der Waals surface area (Å²) in [5.74, 6) is -1.21. The summed E-state index contributed by atoms with van der Waals surface area (Å²) in [7, 11) is 0. The Kier molecular flexibility index (Phi) is 2.86. The topological polar surface area (TPSA) is 71.4 Å². The van der Waals surface area contributed by atoms with Gasteiger partial charge in [-0.2, -0.15) is 0 Å². The second kappa shape index (κ2) is 4.17. The Bertz CT molecular complexity index is 635. The molecule has 0 heterocycles. The van der Waals surface area contributed by atoms with Gasteiger partial charge in [-0.3, -0.25) is 0 Å². The average molecular weight is 330 g/mol. The zero-order valence-corrected chi connectivity index (χ0v) is 10.2. The van der Waals surface area contributed by atoms with Gasteiger partial charge in [-0.05, 0) is 11.5 Å². The zero-order valence-electron chi connectivity index (χ0n) is 8.01. The number of aromatic carboxylic acids is 1. The number of hydrogen-bond acceptors (Lipinski definition) is 3. The Balaban J connectivity index is 2.95. The average Bonchev–Trinajstić information content (AvgIpc) is 2.27. The standard InChI is InChI=1S/C11H7IO4/c13-11(14)9-6-5-7-3-1-2-4-8(7)10(9)12(15)16/h1-6H,(H,13,14). The number of hydrogen-bond donors (Lipinski definition) is 1. The minimum absolute atomic E-state index is 0.0326. The predicted octanol–water partition coefficient (Wildman–Crippen LogP) is 2.91. The van der Waals surface area contributed by atoms with Gasteiger partial charge in [0, 0.05) is 5.39 Å². The quantitative estimate of drug-likeness (QED) is 0.860. The van der Waals surface area contributed by atoms with Crippen LogP contribution in [0.25, 0.3) is 10.8 Å². The Hall–Kier alpha value is -1.50. The molecule has 4 nitrogen and oxygen atoms in total. The highest BCUT2D eigenvalue weighted by atomic mass is 127. The van der Waals surface area contributed by atoms with Crippen LogP contribution in [0.2, 0.25) is 0 Å². The minimum Gasteiger partial charge on any atom is -0.478 e. The monoisotopic (exact) mass is 330 g/mol. The van der Waals surface area contributed by atoms with Crippen molar-refractivity contribution < 1.29 is 16.0 Å². The molecule has 0 radical (unpaired) electrons. The van der Waals surface area contributed by atoms with Crippen molar-refractivity contribution in [3.05, 3.63) is 45.5 Å². The summed E-state index contributed by atoms with van der Waals surface area (Å²) in [5.41, 5.74) is -0.145. The van der Waals surface area contributed by atoms with Crippen molar-refractivity contribution >= 4 is 36.5 Å². The number of halogens is 1. The van der Waals surface area contributed by atoms with E-state index in [2.05, 4.69) is 0 Å². The third-order valence-electron chi connectivity index (χ3n) is 2.25. The van der Waals surface area contributed by atoms with Crippen LogP contribution >= 0.6 is 19.8 Å². The van der Waals surface area contributed by atoms with E-state index in [4.69, 9.17) is 5.11 Å². The van der Waals surface area contributed by atoms with Gasteiger partial charge >= 0.3 is 25.8 Å². The number of carboxylic acid groups (broad SMARTS) is 1. The molecule has 1 N–H and O–H groups in total. The molecule has 0 saturated carbocycles. The first-order valence-corrected chi connectivity index (χ1v) is 7.25. The van der Waals surface area contributed by atoms with E-state index in [1.165, 1.54) is 6.07 Å². The fourth-order valence-corrected chi connectivity index (χ4v) is 3.42. The van der Waals surface area contributed by atoms with Gasteiger partial charge in [0.05, 0.1) is 9.13 Å². The normalized spacial score (nSPS) is 10.8. The van der Waals surface area contributed by atoms with Crippen LogP contribution in [-0.4, -0.2) is 11.1 Å². The second-order valence-electron chi connectivity index (χ2n) is 3.17. The van der Waals surface area contributed by atoms with E-state index in [-0.39, 0.29) is 9.13 Å². The Morgan fingerprint density at radius 1 is 1.06 bits per heavy atom. The molecule has 0 unspecified atom stereocenters. The summed E-state index contributed by atoms with van der Waals surface area (Å²) in [6.07, 6.45) is 0. The molecule has 0 saturated heterocycles. The molecule has 0 atom stereocenters. The van der Waals surface area contributed by atoms with Crippen LogP contribution in [0.1, 0.15) is 10.4 Å². The summed E-state index contributed by atoms with van der Waals surface area (Å²) in [4.78, 5) is 10.9. The van der Waals surface area contributed by atoms with Crippen LogP contribution in [0.4, 0.5) is 0 Å². The van der Waals surface area contributed by atoms with Crippen molar-refractivity contribution in [3.63, 3.8) is 0 Å². The predicted molar refractivity (Wildman–Crippen MR) is 65.0 cm³/mol. The number of carbonyl (C=O) groups is 1. The Morgan fingerprint density at radius 2 is 1.75 bits per heavy atom. The molecule has 82 valence electrons. The molecule has 5 heteroatoms. The van der Waals surface area contributed by atoms with Gasteiger partial charge in [-0.15, -0.1) is 0 Å². The second-order valence-corrected chi connectivity index (χ2v) is 5.49. The lowest BCUT2D eigenvalue weighted by Crippen LogP contribution is -2.00. The first-order chi connectivity index (χ1) is 7.61. The van der Waals surface area contributed by atoms with E-state index in [9.17, 15) is 10.9 Å². The zero-order chi connectivity index (χ0) is 11.7. The molecule has 0 fully saturated rings. The largest absolute Gasteiger partial charge is 0.478 e. The van der Waals surface area contributed by atoms with Crippen LogP contribution in [-0.2, 0) is 6.14 Å². The molecule has 16 heavy (non-hydrogen) atoms. The molecule has 0 aromatic heterocycles. The van der Waals surface area contributed by atoms with Gasteiger partial charge in [0.15, 0.2) is 0 Å². The number of benzene rings is 2. The van der Waals surface area contributed by atoms with Crippen LogP contribution in [0.5, 0.6) is 0 Å². The molecule has 0 aliphatic heterocycles. The van der Waals surface area contributed by atoms with Gasteiger partial charge in [-0.25, -0.2) is 10.9 Å². The first-order valence-electron chi connectivity index (χ1n) is 4.41. The maximum atomic E-state index is 11.2. The Labute approximate surface area is 98.0 Å². The van der Waals surface area contributed by atoms with E-state index in [0.29, 0.717) is 5.39 Å². The van der Waals surface area contributed by atoms with Crippen molar-refractivity contribution in [1.82, 2.24) is 0 Å². The fraction of sp³-hybridized carbons (Fsp3) is 0. The summed E-state index contributed by atoms with van der Waals surface area (Å²) >= 11 is -3.83. The molecule has 2 aromatic rings. The Morgan fingerprint density at radius 3 is 2.38 bits per heavy atom. The highest BCUT2D eigenvalue weighted by molar-refractivity contribution is 14.2. The third kappa shape index (κ3) is 1.78. The SMILES string of the molecule is O=C(O)c1ccc2ccccc2c1I(=O)=O. The summed E-state index contributed by atoms with van der Waals surface area (Å²) in [5, 5.41) is 10.1. The maximum Gasteiger partial charge on any atom is 0.342 e. The molecular formula is C11H7IO4. The van der Waals surface area contributed by atoms with Crippen LogP contribution in [0.3, 0.4) is 0 Å². The van der Waals surface area contributed by atoms with Gasteiger partial charge in [0.2, 0.25) is 0 Å². The van der Waals surface area contributed by atoms with E-state index < -0.39 is 25.8 Å². The molecule has 0 spiro atoms. The molecule has 0 amide bonds. The molecule has 0 aliphatic rings. The number of rotatable bonds is 2. The van der Waals surface area contributed by atoms with Crippen molar-refractivity contribution in [1.29, 1.82) is 0 Å². The van der Waals surface area contributed by atoms with Crippen LogP contribution < -0.4 is 0 Å². The maximum absolute atomic E-state index is 11.2. The molecule has 0 aliphatic carbocycles. The summed E-state index contributed by atoms with van der Waals surface area (Å²) in [6, 6.07) is 9.79. The van der Waals surface area contributed by atoms with Gasteiger partial charge in [-0.1, -0.05) is 30.3 Å². The molecule has 2 aromatic carbocycles. The molecule has 2 rings (SSSR count). The molecule has 0 bridgehead atoms. The number of carboxylic acids is 1. The van der Waals surface area contributed by atoms with E-state index in [1.54, 1.807) is 30.3 Å². The summed E-state index contributed by atoms with van der Waals surface area (Å²) < 4.78 is 22.4. The highest BCUT2D eigenvalue weighted by Crippen LogP contribution is 2.30. The third-order valence-corrected chi connectivity index (χ3v) is 4.29. The van der Waals surface area contributed by atoms with Crippen molar-refractivity contribution in [3.8, 4) is 0 Å². The van der Waals surface area contributed by atoms with Crippen molar-refractivity contribution in [2.24, 2.45) is 0 Å². The lowest BCUT2D eigenvalue weighted by Gasteiger charge is -2.03. The van der Waals surface area contributed by atoms with Crippen molar-refractivity contribution in [2.45, 2.75) is 0 Å². The van der Waals surface area contributed by atoms with Crippen LogP contribution in [0, 0.1) is 3.57 Å². The van der Waals surface area contributed by atoms with E-state index >= 15 is 0 Å². The highest BCUT2D eigenvalue weighted by Gasteiger charge is 2.16. The van der Waals surface area contributed by atoms with Gasteiger partial charge in [0.1, 0.15) is 0 Å². The molecular weight excluding hydrogens is 323 g/mol. The first kappa shape index (κ1) is 11.0. The van der Waals surface area contributed by atoms with E-state index in [0.717, 1.165) is 5.39 Å². The lowest BCUT2D eigenvalue weighted by atomic mass is 10.1. The minimum atomic E-state index is -3.83. The lowest BCUT2D eigenvalue weighted by molar-refractivity contribution is 0.0696. The summed E-state index contributed by atoms with van der Waals surface area (Å²) in [6.45, 7) is 0. The van der Waals surface area contributed by atoms with Crippen molar-refractivity contribution in [2.75, 3.05) is 0 Å². The fourth-order valence-electron chi connectivity index (χ4n) is 1.57. The van der Waals surface area contributed by atoms with Gasteiger partial charge in [0.25, 0.3) is 0 Å². The number of fused-ring (bicyclic) bond motifs is 1. The van der Waals surface area contributed by atoms with Crippen LogP contribution in [0.15, 0.2) is 36.4 Å². The smallest absolute Gasteiger partial charge is 0.342 e. The van der Waals surface area contributed by atoms with E-state index in [1.807, 2.05) is 0 Å².